The fourth-order valence-corrected chi connectivity index (χ4v) is 5.24. The molecule has 1 spiro atoms. The Morgan fingerprint density at radius 1 is 1.37 bits per heavy atom. The molecule has 19 heavy (non-hydrogen) atoms. The summed E-state index contributed by atoms with van der Waals surface area (Å²) in [6.07, 6.45) is 5.58. The molecule has 3 aliphatic rings. The minimum Gasteiger partial charge on any atom is -0.393 e. The van der Waals surface area contributed by atoms with Crippen LogP contribution in [-0.4, -0.2) is 34.1 Å². The predicted molar refractivity (Wildman–Crippen MR) is 73.7 cm³/mol. The van der Waals surface area contributed by atoms with Crippen molar-refractivity contribution in [1.29, 1.82) is 0 Å². The standard InChI is InChI=1S/C16H26O3/c1-4-5-12-9-15(18)6-7-19-16(15)8-11(2)13(17)10-14(12,16)3/h4,11-13,17-18H,1,5-10H2,2-3H3/t11-,12-,13-,14-,15-,16-/m1/s1. The summed E-state index contributed by atoms with van der Waals surface area (Å²) in [4.78, 5) is 0. The van der Waals surface area contributed by atoms with E-state index in [-0.39, 0.29) is 17.4 Å². The second-order valence-corrected chi connectivity index (χ2v) is 7.25. The van der Waals surface area contributed by atoms with Crippen LogP contribution in [0.4, 0.5) is 0 Å². The van der Waals surface area contributed by atoms with Crippen molar-refractivity contribution in [2.45, 2.75) is 63.3 Å². The molecule has 0 amide bonds. The first-order valence-corrected chi connectivity index (χ1v) is 7.54. The van der Waals surface area contributed by atoms with E-state index in [1.807, 2.05) is 6.08 Å². The Kier molecular flexibility index (Phi) is 2.91. The van der Waals surface area contributed by atoms with Gasteiger partial charge < -0.3 is 14.9 Å². The Labute approximate surface area is 115 Å². The van der Waals surface area contributed by atoms with E-state index < -0.39 is 11.2 Å². The van der Waals surface area contributed by atoms with Crippen LogP contribution in [0.3, 0.4) is 0 Å². The lowest BCUT2D eigenvalue weighted by atomic mass is 9.57. The van der Waals surface area contributed by atoms with Crippen molar-refractivity contribution in [3.63, 3.8) is 0 Å². The third-order valence-electron chi connectivity index (χ3n) is 6.37. The molecule has 3 heteroatoms. The van der Waals surface area contributed by atoms with Gasteiger partial charge in [0.15, 0.2) is 0 Å². The van der Waals surface area contributed by atoms with E-state index in [2.05, 4.69) is 20.4 Å². The Morgan fingerprint density at radius 3 is 2.79 bits per heavy atom. The maximum atomic E-state index is 11.1. The van der Waals surface area contributed by atoms with Gasteiger partial charge in [-0.3, -0.25) is 0 Å². The first-order chi connectivity index (χ1) is 8.88. The van der Waals surface area contributed by atoms with Crippen LogP contribution in [-0.2, 0) is 4.74 Å². The topological polar surface area (TPSA) is 49.7 Å². The number of hydrogen-bond donors (Lipinski definition) is 2. The summed E-state index contributed by atoms with van der Waals surface area (Å²) in [6.45, 7) is 8.78. The van der Waals surface area contributed by atoms with Crippen LogP contribution in [0.5, 0.6) is 0 Å². The van der Waals surface area contributed by atoms with Gasteiger partial charge in [-0.15, -0.1) is 6.58 Å². The Hall–Kier alpha value is -0.380. The molecule has 0 aromatic heterocycles. The van der Waals surface area contributed by atoms with Crippen molar-refractivity contribution in [2.24, 2.45) is 17.3 Å². The molecule has 0 aromatic rings. The molecule has 108 valence electrons. The van der Waals surface area contributed by atoms with Crippen LogP contribution in [0.15, 0.2) is 12.7 Å². The Bertz CT molecular complexity index is 395. The smallest absolute Gasteiger partial charge is 0.103 e. The maximum Gasteiger partial charge on any atom is 0.103 e. The van der Waals surface area contributed by atoms with Crippen LogP contribution in [0.1, 0.15) is 46.0 Å². The molecule has 2 saturated carbocycles. The highest BCUT2D eigenvalue weighted by Crippen LogP contribution is 2.68. The van der Waals surface area contributed by atoms with E-state index in [4.69, 9.17) is 4.74 Å². The lowest BCUT2D eigenvalue weighted by Gasteiger charge is -2.54. The van der Waals surface area contributed by atoms with Crippen LogP contribution >= 0.6 is 0 Å². The van der Waals surface area contributed by atoms with Crippen LogP contribution in [0.25, 0.3) is 0 Å². The highest BCUT2D eigenvalue weighted by molar-refractivity contribution is 5.24. The largest absolute Gasteiger partial charge is 0.393 e. The molecule has 0 radical (unpaired) electrons. The second kappa shape index (κ2) is 4.06. The summed E-state index contributed by atoms with van der Waals surface area (Å²) in [7, 11) is 0. The fraction of sp³-hybridized carbons (Fsp3) is 0.875. The highest BCUT2D eigenvalue weighted by atomic mass is 16.5. The van der Waals surface area contributed by atoms with E-state index in [1.165, 1.54) is 0 Å². The number of allylic oxidation sites excluding steroid dienone is 1. The zero-order chi connectivity index (χ0) is 13.9. The van der Waals surface area contributed by atoms with Crippen molar-refractivity contribution >= 4 is 0 Å². The number of ether oxygens (including phenoxy) is 1. The second-order valence-electron chi connectivity index (χ2n) is 7.25. The van der Waals surface area contributed by atoms with E-state index in [0.717, 1.165) is 32.1 Å². The normalized spacial score (nSPS) is 56.7. The van der Waals surface area contributed by atoms with Gasteiger partial charge in [-0.05, 0) is 37.5 Å². The summed E-state index contributed by atoms with van der Waals surface area (Å²) in [6, 6.07) is 0. The molecule has 2 N–H and O–H groups in total. The molecule has 0 bridgehead atoms. The molecule has 6 atom stereocenters. The molecule has 3 fully saturated rings. The van der Waals surface area contributed by atoms with Gasteiger partial charge in [-0.2, -0.15) is 0 Å². The van der Waals surface area contributed by atoms with E-state index in [0.29, 0.717) is 12.5 Å². The molecule has 3 rings (SSSR count). The van der Waals surface area contributed by atoms with E-state index in [1.54, 1.807) is 0 Å². The molecule has 1 heterocycles. The van der Waals surface area contributed by atoms with Crippen LogP contribution in [0.2, 0.25) is 0 Å². The summed E-state index contributed by atoms with van der Waals surface area (Å²) in [5.74, 6) is 0.553. The van der Waals surface area contributed by atoms with E-state index in [9.17, 15) is 10.2 Å². The zero-order valence-corrected chi connectivity index (χ0v) is 12.1. The average Bonchev–Trinajstić information content (AvgIpc) is 2.72. The molecule has 0 aromatic carbocycles. The lowest BCUT2D eigenvalue weighted by Crippen LogP contribution is -2.61. The Morgan fingerprint density at radius 2 is 2.11 bits per heavy atom. The summed E-state index contributed by atoms with van der Waals surface area (Å²) in [5, 5.41) is 21.5. The first kappa shape index (κ1) is 13.6. The number of rotatable bonds is 2. The highest BCUT2D eigenvalue weighted by Gasteiger charge is 2.74. The van der Waals surface area contributed by atoms with Gasteiger partial charge in [0.1, 0.15) is 5.60 Å². The minimum absolute atomic E-state index is 0.141. The fourth-order valence-electron chi connectivity index (χ4n) is 5.24. The van der Waals surface area contributed by atoms with Gasteiger partial charge in [0.2, 0.25) is 0 Å². The maximum absolute atomic E-state index is 11.1. The van der Waals surface area contributed by atoms with Crippen molar-refractivity contribution < 1.29 is 14.9 Å². The molecule has 1 aliphatic heterocycles. The van der Waals surface area contributed by atoms with Crippen molar-refractivity contribution in [1.82, 2.24) is 0 Å². The van der Waals surface area contributed by atoms with Gasteiger partial charge in [0, 0.05) is 11.8 Å². The predicted octanol–water partition coefficient (Wildman–Crippen LogP) is 2.27. The number of aliphatic hydroxyl groups excluding tert-OH is 1. The number of hydrogen-bond acceptors (Lipinski definition) is 3. The van der Waals surface area contributed by atoms with E-state index >= 15 is 0 Å². The third-order valence-corrected chi connectivity index (χ3v) is 6.37. The summed E-state index contributed by atoms with van der Waals surface area (Å²) >= 11 is 0. The van der Waals surface area contributed by atoms with Gasteiger partial charge in [0.25, 0.3) is 0 Å². The summed E-state index contributed by atoms with van der Waals surface area (Å²) in [5.41, 5.74) is -1.30. The molecular weight excluding hydrogens is 240 g/mol. The average molecular weight is 266 g/mol. The molecule has 1 saturated heterocycles. The van der Waals surface area contributed by atoms with Gasteiger partial charge >= 0.3 is 0 Å². The zero-order valence-electron chi connectivity index (χ0n) is 12.1. The number of aliphatic hydroxyl groups is 2. The van der Waals surface area contributed by atoms with Gasteiger partial charge in [-0.1, -0.05) is 19.9 Å². The molecular formula is C16H26O3. The third kappa shape index (κ3) is 1.50. The first-order valence-electron chi connectivity index (χ1n) is 7.54. The monoisotopic (exact) mass is 266 g/mol. The summed E-state index contributed by atoms with van der Waals surface area (Å²) < 4.78 is 6.17. The van der Waals surface area contributed by atoms with Crippen molar-refractivity contribution in [2.75, 3.05) is 6.61 Å². The Balaban J connectivity index is 2.06. The molecule has 3 nitrogen and oxygen atoms in total. The van der Waals surface area contributed by atoms with Crippen LogP contribution < -0.4 is 0 Å². The molecule has 2 aliphatic carbocycles. The van der Waals surface area contributed by atoms with Crippen molar-refractivity contribution in [3.05, 3.63) is 12.7 Å². The van der Waals surface area contributed by atoms with Gasteiger partial charge in [-0.25, -0.2) is 0 Å². The van der Waals surface area contributed by atoms with Crippen molar-refractivity contribution in [3.8, 4) is 0 Å². The van der Waals surface area contributed by atoms with Gasteiger partial charge in [0.05, 0.1) is 18.3 Å². The van der Waals surface area contributed by atoms with Crippen LogP contribution in [0, 0.1) is 17.3 Å². The quantitative estimate of drug-likeness (QED) is 0.754. The SMILES string of the molecule is C=CC[C@@H]1C[C@]2(O)CCO[C@@]23C[C@@H](C)[C@H](O)C[C@]13C. The molecule has 0 unspecified atom stereocenters. The minimum atomic E-state index is -0.705. The lowest BCUT2D eigenvalue weighted by molar-refractivity contribution is -0.204.